The Morgan fingerprint density at radius 2 is 1.76 bits per heavy atom. The van der Waals surface area contributed by atoms with Crippen molar-refractivity contribution in [3.05, 3.63) is 84.4 Å². The minimum absolute atomic E-state index is 0.0713. The second-order valence-electron chi connectivity index (χ2n) is 7.98. The average molecular weight is 445 g/mol. The van der Waals surface area contributed by atoms with E-state index in [1.165, 1.54) is 0 Å². The number of nitrogens with one attached hydrogen (secondary N) is 1. The Balaban J connectivity index is 1.38. The fourth-order valence-corrected chi connectivity index (χ4v) is 3.77. The Hall–Kier alpha value is -3.80. The van der Waals surface area contributed by atoms with Gasteiger partial charge in [0.25, 0.3) is 5.91 Å². The molecule has 1 unspecified atom stereocenters. The zero-order chi connectivity index (χ0) is 23.0. The second kappa shape index (κ2) is 10.7. The summed E-state index contributed by atoms with van der Waals surface area (Å²) < 4.78 is 11.5. The van der Waals surface area contributed by atoms with Crippen LogP contribution in [0, 0.1) is 0 Å². The van der Waals surface area contributed by atoms with E-state index in [4.69, 9.17) is 9.47 Å². The number of carbonyl (C=O) groups excluding carboxylic acids is 2. The van der Waals surface area contributed by atoms with Crippen molar-refractivity contribution in [2.24, 2.45) is 0 Å². The lowest BCUT2D eigenvalue weighted by molar-refractivity contribution is -0.125. The number of aryl methyl sites for hydroxylation is 1. The number of nitrogens with zero attached hydrogens (tertiary/aromatic N) is 1. The smallest absolute Gasteiger partial charge is 0.267 e. The first-order valence-electron chi connectivity index (χ1n) is 11.2. The largest absolute Gasteiger partial charge is 0.494 e. The van der Waals surface area contributed by atoms with E-state index in [1.807, 2.05) is 60.7 Å². The van der Waals surface area contributed by atoms with Crippen LogP contribution in [0.2, 0.25) is 0 Å². The van der Waals surface area contributed by atoms with Gasteiger partial charge >= 0.3 is 0 Å². The number of amides is 2. The van der Waals surface area contributed by atoms with Gasteiger partial charge in [-0.05, 0) is 55.7 Å². The van der Waals surface area contributed by atoms with Crippen LogP contribution < -0.4 is 19.7 Å². The molecule has 2 amide bonds. The van der Waals surface area contributed by atoms with Gasteiger partial charge in [-0.1, -0.05) is 48.5 Å². The van der Waals surface area contributed by atoms with E-state index in [0.717, 1.165) is 11.3 Å². The molecule has 0 aromatic heterocycles. The molecule has 0 bridgehead atoms. The van der Waals surface area contributed by atoms with Crippen LogP contribution >= 0.6 is 0 Å². The fraction of sp³-hybridized carbons (Fsp3) is 0.259. The average Bonchev–Trinajstić information content (AvgIpc) is 2.84. The third kappa shape index (κ3) is 5.92. The Morgan fingerprint density at radius 3 is 2.52 bits per heavy atom. The van der Waals surface area contributed by atoms with Crippen LogP contribution in [0.15, 0.2) is 78.9 Å². The van der Waals surface area contributed by atoms with Gasteiger partial charge in [0.15, 0.2) is 6.10 Å². The number of hydrogen-bond acceptors (Lipinski definition) is 4. The molecule has 1 atom stereocenters. The van der Waals surface area contributed by atoms with E-state index in [1.54, 1.807) is 30.0 Å². The number of rotatable bonds is 9. The molecule has 6 heteroatoms. The van der Waals surface area contributed by atoms with Crippen molar-refractivity contribution in [2.45, 2.75) is 32.3 Å². The number of anilines is 2. The highest BCUT2D eigenvalue weighted by atomic mass is 16.5. The molecule has 0 saturated carbocycles. The van der Waals surface area contributed by atoms with Crippen molar-refractivity contribution < 1.29 is 19.1 Å². The molecular weight excluding hydrogens is 416 g/mol. The third-order valence-electron chi connectivity index (χ3n) is 5.47. The van der Waals surface area contributed by atoms with Gasteiger partial charge in [0.2, 0.25) is 5.91 Å². The van der Waals surface area contributed by atoms with E-state index in [9.17, 15) is 9.59 Å². The lowest BCUT2D eigenvalue weighted by Gasteiger charge is -2.33. The first kappa shape index (κ1) is 22.4. The van der Waals surface area contributed by atoms with Gasteiger partial charge in [-0.25, -0.2) is 0 Å². The Kier molecular flexibility index (Phi) is 7.25. The normalized spacial score (nSPS) is 14.9. The summed E-state index contributed by atoms with van der Waals surface area (Å²) in [6, 6.07) is 24.9. The summed E-state index contributed by atoms with van der Waals surface area (Å²) in [5, 5.41) is 2.94. The number of para-hydroxylation sites is 1. The van der Waals surface area contributed by atoms with Crippen LogP contribution in [0.5, 0.6) is 11.5 Å². The molecule has 0 spiro atoms. The van der Waals surface area contributed by atoms with Gasteiger partial charge in [-0.3, -0.25) is 9.59 Å². The number of fused-ring (bicyclic) bond motifs is 1. The molecular formula is C27H28N2O4. The second-order valence-corrected chi connectivity index (χ2v) is 7.98. The number of carbonyl (C=O) groups is 2. The molecule has 0 radical (unpaired) electrons. The first-order valence-corrected chi connectivity index (χ1v) is 11.2. The molecule has 170 valence electrons. The van der Waals surface area contributed by atoms with Crippen molar-refractivity contribution in [3.8, 4) is 11.5 Å². The molecule has 3 aromatic rings. The SMILES string of the molecule is CC1Oc2ccc(NC(=O)CCc3ccccc3)cc2N(CCCOc2ccccc2)C1=O. The number of benzene rings is 3. The predicted octanol–water partition coefficient (Wildman–Crippen LogP) is 4.84. The Bertz CT molecular complexity index is 1090. The highest BCUT2D eigenvalue weighted by Crippen LogP contribution is 2.36. The molecule has 0 saturated heterocycles. The van der Waals surface area contributed by atoms with Gasteiger partial charge in [-0.15, -0.1) is 0 Å². The quantitative estimate of drug-likeness (QED) is 0.480. The zero-order valence-corrected chi connectivity index (χ0v) is 18.7. The fourth-order valence-electron chi connectivity index (χ4n) is 3.77. The maximum Gasteiger partial charge on any atom is 0.267 e. The molecule has 33 heavy (non-hydrogen) atoms. The lowest BCUT2D eigenvalue weighted by atomic mass is 10.1. The van der Waals surface area contributed by atoms with Gasteiger partial charge in [0.1, 0.15) is 11.5 Å². The molecule has 1 N–H and O–H groups in total. The minimum atomic E-state index is -0.557. The maximum absolute atomic E-state index is 12.8. The predicted molar refractivity (Wildman–Crippen MR) is 129 cm³/mol. The van der Waals surface area contributed by atoms with Gasteiger partial charge < -0.3 is 19.7 Å². The van der Waals surface area contributed by atoms with Crippen LogP contribution in [0.3, 0.4) is 0 Å². The summed E-state index contributed by atoms with van der Waals surface area (Å²) in [7, 11) is 0. The van der Waals surface area contributed by atoms with E-state index in [-0.39, 0.29) is 11.8 Å². The summed E-state index contributed by atoms with van der Waals surface area (Å²) in [5.74, 6) is 1.27. The van der Waals surface area contributed by atoms with Crippen LogP contribution in [0.4, 0.5) is 11.4 Å². The number of hydrogen-bond donors (Lipinski definition) is 1. The van der Waals surface area contributed by atoms with Crippen molar-refractivity contribution >= 4 is 23.2 Å². The van der Waals surface area contributed by atoms with E-state index < -0.39 is 6.10 Å². The lowest BCUT2D eigenvalue weighted by Crippen LogP contribution is -2.45. The molecule has 0 fully saturated rings. The van der Waals surface area contributed by atoms with E-state index in [0.29, 0.717) is 49.5 Å². The molecule has 0 aliphatic carbocycles. The zero-order valence-electron chi connectivity index (χ0n) is 18.7. The topological polar surface area (TPSA) is 67.9 Å². The summed E-state index contributed by atoms with van der Waals surface area (Å²) in [6.07, 6.45) is 1.16. The standard InChI is InChI=1S/C27H28N2O4/c1-20-27(31)29(17-8-18-32-23-11-6-3-7-12-23)24-19-22(14-15-25(24)33-20)28-26(30)16-13-21-9-4-2-5-10-21/h2-7,9-12,14-15,19-20H,8,13,16-18H2,1H3,(H,28,30). The van der Waals surface area contributed by atoms with E-state index >= 15 is 0 Å². The van der Waals surface area contributed by atoms with Gasteiger partial charge in [0, 0.05) is 18.7 Å². The summed E-state index contributed by atoms with van der Waals surface area (Å²) in [4.78, 5) is 27.0. The van der Waals surface area contributed by atoms with Crippen molar-refractivity contribution in [3.63, 3.8) is 0 Å². The van der Waals surface area contributed by atoms with Crippen molar-refractivity contribution in [1.29, 1.82) is 0 Å². The van der Waals surface area contributed by atoms with Crippen LogP contribution in [0.25, 0.3) is 0 Å². The molecule has 4 rings (SSSR count). The van der Waals surface area contributed by atoms with Gasteiger partial charge in [0.05, 0.1) is 12.3 Å². The highest BCUT2D eigenvalue weighted by Gasteiger charge is 2.31. The Morgan fingerprint density at radius 1 is 1.03 bits per heavy atom. The van der Waals surface area contributed by atoms with Crippen LogP contribution in [0.1, 0.15) is 25.3 Å². The molecule has 6 nitrogen and oxygen atoms in total. The summed E-state index contributed by atoms with van der Waals surface area (Å²) in [6.45, 7) is 2.74. The van der Waals surface area contributed by atoms with Crippen LogP contribution in [-0.2, 0) is 16.0 Å². The monoisotopic (exact) mass is 444 g/mol. The summed E-state index contributed by atoms with van der Waals surface area (Å²) >= 11 is 0. The highest BCUT2D eigenvalue weighted by molar-refractivity contribution is 6.01. The third-order valence-corrected chi connectivity index (χ3v) is 5.47. The van der Waals surface area contributed by atoms with Gasteiger partial charge in [-0.2, -0.15) is 0 Å². The van der Waals surface area contributed by atoms with Crippen molar-refractivity contribution in [1.82, 2.24) is 0 Å². The number of ether oxygens (including phenoxy) is 2. The van der Waals surface area contributed by atoms with Crippen molar-refractivity contribution in [2.75, 3.05) is 23.4 Å². The summed E-state index contributed by atoms with van der Waals surface area (Å²) in [5.41, 5.74) is 2.43. The minimum Gasteiger partial charge on any atom is -0.494 e. The first-order chi connectivity index (χ1) is 16.1. The van der Waals surface area contributed by atoms with Crippen LogP contribution in [-0.4, -0.2) is 31.1 Å². The molecule has 3 aromatic carbocycles. The molecule has 1 heterocycles. The maximum atomic E-state index is 12.8. The molecule has 1 aliphatic rings. The Labute approximate surface area is 194 Å². The van der Waals surface area contributed by atoms with E-state index in [2.05, 4.69) is 5.32 Å². The molecule has 1 aliphatic heterocycles.